The van der Waals surface area contributed by atoms with Crippen molar-refractivity contribution in [2.75, 3.05) is 20.2 Å². The Hall–Kier alpha value is -1.51. The molecule has 0 unspecified atom stereocenters. The minimum Gasteiger partial charge on any atom is -0.388 e. The number of rotatable bonds is 4. The van der Waals surface area contributed by atoms with Gasteiger partial charge in [0.1, 0.15) is 24.4 Å². The van der Waals surface area contributed by atoms with E-state index in [2.05, 4.69) is 12.1 Å². The van der Waals surface area contributed by atoms with E-state index in [1.165, 1.54) is 12.7 Å². The summed E-state index contributed by atoms with van der Waals surface area (Å²) in [6.45, 7) is 0.715. The summed E-state index contributed by atoms with van der Waals surface area (Å²) < 4.78 is 10.6. The molecule has 144 valence electrons. The fourth-order valence-corrected chi connectivity index (χ4v) is 3.77. The molecular weight excluding hydrogens is 338 g/mol. The van der Waals surface area contributed by atoms with Crippen LogP contribution in [0.2, 0.25) is 0 Å². The Morgan fingerprint density at radius 1 is 1.12 bits per heavy atom. The maximum absolute atomic E-state index is 12.5. The number of benzene rings is 1. The zero-order valence-electron chi connectivity index (χ0n) is 14.9. The third-order valence-electron chi connectivity index (χ3n) is 5.38. The highest BCUT2D eigenvalue weighted by Crippen LogP contribution is 2.29. The SMILES string of the molecule is CO[C@H]1O[C@H](CN2CC[C@H](c3ccccc3)CCC2=O)[C@@H](O)[C@H](O)[C@@H]1O. The van der Waals surface area contributed by atoms with Crippen molar-refractivity contribution in [1.29, 1.82) is 0 Å². The van der Waals surface area contributed by atoms with E-state index in [1.807, 2.05) is 18.2 Å². The number of carbonyl (C=O) groups is 1. The molecule has 1 amide bonds. The van der Waals surface area contributed by atoms with Gasteiger partial charge in [-0.3, -0.25) is 4.79 Å². The fourth-order valence-electron chi connectivity index (χ4n) is 3.77. The zero-order chi connectivity index (χ0) is 18.7. The number of hydrogen-bond donors (Lipinski definition) is 3. The molecular formula is C19H27NO6. The van der Waals surface area contributed by atoms with E-state index in [1.54, 1.807) is 4.90 Å². The van der Waals surface area contributed by atoms with Gasteiger partial charge in [-0.1, -0.05) is 30.3 Å². The standard InChI is InChI=1S/C19H27NO6/c1-25-19-18(24)17(23)16(22)14(26-19)11-20-10-9-13(7-8-15(20)21)12-5-3-2-4-6-12/h2-6,13-14,16-19,22-24H,7-11H2,1H3/t13-,14-,16-,17+,18+,19+/m1/s1. The highest BCUT2D eigenvalue weighted by Gasteiger charge is 2.44. The molecule has 0 aliphatic carbocycles. The molecule has 0 spiro atoms. The van der Waals surface area contributed by atoms with Crippen LogP contribution in [0.25, 0.3) is 0 Å². The largest absolute Gasteiger partial charge is 0.388 e. The van der Waals surface area contributed by atoms with E-state index in [0.717, 1.165) is 12.8 Å². The topological polar surface area (TPSA) is 99.5 Å². The minimum atomic E-state index is -1.38. The third-order valence-corrected chi connectivity index (χ3v) is 5.38. The Labute approximate surface area is 153 Å². The van der Waals surface area contributed by atoms with Crippen molar-refractivity contribution in [3.8, 4) is 0 Å². The number of likely N-dealkylation sites (tertiary alicyclic amines) is 1. The molecule has 2 heterocycles. The number of nitrogens with zero attached hydrogens (tertiary/aromatic N) is 1. The number of aliphatic hydroxyl groups excluding tert-OH is 3. The molecule has 2 aliphatic rings. The van der Waals surface area contributed by atoms with Crippen LogP contribution in [0.15, 0.2) is 30.3 Å². The highest BCUT2D eigenvalue weighted by molar-refractivity contribution is 5.76. The minimum absolute atomic E-state index is 0.00816. The van der Waals surface area contributed by atoms with Gasteiger partial charge in [0.25, 0.3) is 0 Å². The Morgan fingerprint density at radius 2 is 1.85 bits per heavy atom. The van der Waals surface area contributed by atoms with Gasteiger partial charge in [-0.25, -0.2) is 0 Å². The normalized spacial score (nSPS) is 36.0. The molecule has 6 atom stereocenters. The van der Waals surface area contributed by atoms with Gasteiger partial charge < -0.3 is 29.7 Å². The molecule has 26 heavy (non-hydrogen) atoms. The van der Waals surface area contributed by atoms with Crippen LogP contribution in [0.4, 0.5) is 0 Å². The second-order valence-corrected chi connectivity index (χ2v) is 7.03. The predicted octanol–water partition coefficient (Wildman–Crippen LogP) is 0.237. The number of ether oxygens (including phenoxy) is 2. The van der Waals surface area contributed by atoms with E-state index in [-0.39, 0.29) is 12.5 Å². The quantitative estimate of drug-likeness (QED) is 0.707. The van der Waals surface area contributed by atoms with Crippen molar-refractivity contribution in [2.45, 2.75) is 55.9 Å². The summed E-state index contributed by atoms with van der Waals surface area (Å²) in [5.74, 6) is 0.329. The van der Waals surface area contributed by atoms with Crippen LogP contribution in [-0.2, 0) is 14.3 Å². The molecule has 3 rings (SSSR count). The summed E-state index contributed by atoms with van der Waals surface area (Å²) in [6, 6.07) is 10.2. The van der Waals surface area contributed by atoms with Gasteiger partial charge in [0.2, 0.25) is 5.91 Å². The van der Waals surface area contributed by atoms with Gasteiger partial charge in [0.15, 0.2) is 6.29 Å². The molecule has 7 heteroatoms. The van der Waals surface area contributed by atoms with Crippen molar-refractivity contribution >= 4 is 5.91 Å². The van der Waals surface area contributed by atoms with Gasteiger partial charge in [0.05, 0.1) is 0 Å². The Balaban J connectivity index is 1.65. The van der Waals surface area contributed by atoms with Gasteiger partial charge in [-0.05, 0) is 24.3 Å². The molecule has 2 fully saturated rings. The lowest BCUT2D eigenvalue weighted by atomic mass is 9.92. The van der Waals surface area contributed by atoms with Crippen LogP contribution in [-0.4, -0.2) is 77.0 Å². The summed E-state index contributed by atoms with van der Waals surface area (Å²) in [6.07, 6.45) is -3.77. The maximum Gasteiger partial charge on any atom is 0.222 e. The van der Waals surface area contributed by atoms with E-state index >= 15 is 0 Å². The summed E-state index contributed by atoms with van der Waals surface area (Å²) in [5, 5.41) is 30.1. The molecule has 1 aromatic carbocycles. The molecule has 1 aromatic rings. The van der Waals surface area contributed by atoms with Crippen LogP contribution in [0, 0.1) is 0 Å². The lowest BCUT2D eigenvalue weighted by Crippen LogP contribution is -2.60. The zero-order valence-corrected chi connectivity index (χ0v) is 14.9. The first-order chi connectivity index (χ1) is 12.5. The lowest BCUT2D eigenvalue weighted by Gasteiger charge is -2.41. The number of methoxy groups -OCH3 is 1. The Bertz CT molecular complexity index is 595. The van der Waals surface area contributed by atoms with Crippen LogP contribution in [0.3, 0.4) is 0 Å². The molecule has 0 saturated carbocycles. The maximum atomic E-state index is 12.5. The molecule has 7 nitrogen and oxygen atoms in total. The first-order valence-electron chi connectivity index (χ1n) is 9.06. The van der Waals surface area contributed by atoms with Crippen LogP contribution >= 0.6 is 0 Å². The van der Waals surface area contributed by atoms with E-state index in [4.69, 9.17) is 9.47 Å². The van der Waals surface area contributed by atoms with Gasteiger partial charge in [-0.2, -0.15) is 0 Å². The van der Waals surface area contributed by atoms with Crippen molar-refractivity contribution in [3.05, 3.63) is 35.9 Å². The molecule has 2 aliphatic heterocycles. The monoisotopic (exact) mass is 365 g/mol. The smallest absolute Gasteiger partial charge is 0.222 e. The van der Waals surface area contributed by atoms with Crippen molar-refractivity contribution < 1.29 is 29.6 Å². The molecule has 0 aromatic heterocycles. The average Bonchev–Trinajstić information content (AvgIpc) is 2.85. The summed E-state index contributed by atoms with van der Waals surface area (Å²) in [5.41, 5.74) is 1.23. The van der Waals surface area contributed by atoms with E-state index < -0.39 is 30.7 Å². The van der Waals surface area contributed by atoms with Crippen molar-refractivity contribution in [1.82, 2.24) is 4.90 Å². The van der Waals surface area contributed by atoms with E-state index in [9.17, 15) is 20.1 Å². The Morgan fingerprint density at radius 3 is 2.54 bits per heavy atom. The first kappa shape index (κ1) is 19.3. The van der Waals surface area contributed by atoms with Crippen LogP contribution < -0.4 is 0 Å². The predicted molar refractivity (Wildman–Crippen MR) is 93.3 cm³/mol. The summed E-state index contributed by atoms with van der Waals surface area (Å²) in [7, 11) is 1.36. The first-order valence-corrected chi connectivity index (χ1v) is 9.06. The molecule has 0 radical (unpaired) electrons. The number of hydrogen-bond acceptors (Lipinski definition) is 6. The Kier molecular flexibility index (Phi) is 6.26. The number of carbonyl (C=O) groups excluding carboxylic acids is 1. The van der Waals surface area contributed by atoms with Gasteiger partial charge >= 0.3 is 0 Å². The number of amides is 1. The third kappa shape index (κ3) is 4.07. The molecule has 3 N–H and O–H groups in total. The molecule has 0 bridgehead atoms. The van der Waals surface area contributed by atoms with Crippen LogP contribution in [0.5, 0.6) is 0 Å². The highest BCUT2D eigenvalue weighted by atomic mass is 16.7. The second kappa shape index (κ2) is 8.45. The van der Waals surface area contributed by atoms with Gasteiger partial charge in [-0.15, -0.1) is 0 Å². The summed E-state index contributed by atoms with van der Waals surface area (Å²) in [4.78, 5) is 14.2. The average molecular weight is 365 g/mol. The van der Waals surface area contributed by atoms with Crippen molar-refractivity contribution in [2.24, 2.45) is 0 Å². The van der Waals surface area contributed by atoms with Crippen molar-refractivity contribution in [3.63, 3.8) is 0 Å². The lowest BCUT2D eigenvalue weighted by molar-refractivity contribution is -0.291. The fraction of sp³-hybridized carbons (Fsp3) is 0.632. The van der Waals surface area contributed by atoms with Crippen LogP contribution in [0.1, 0.15) is 30.7 Å². The summed E-state index contributed by atoms with van der Waals surface area (Å²) >= 11 is 0. The van der Waals surface area contributed by atoms with E-state index in [0.29, 0.717) is 18.9 Å². The number of aliphatic hydroxyl groups is 3. The molecule has 2 saturated heterocycles. The van der Waals surface area contributed by atoms with Gasteiger partial charge in [0, 0.05) is 26.6 Å². The second-order valence-electron chi connectivity index (χ2n) is 7.03.